The molecule has 39 heavy (non-hydrogen) atoms. The van der Waals surface area contributed by atoms with Gasteiger partial charge < -0.3 is 21.3 Å². The van der Waals surface area contributed by atoms with Crippen LogP contribution in [0.2, 0.25) is 10.0 Å². The van der Waals surface area contributed by atoms with E-state index in [1.807, 2.05) is 43.3 Å². The van der Waals surface area contributed by atoms with Crippen LogP contribution in [-0.4, -0.2) is 54.8 Å². The Balaban J connectivity index is 1.83. The van der Waals surface area contributed by atoms with Crippen LogP contribution in [0.5, 0.6) is 0 Å². The van der Waals surface area contributed by atoms with Crippen molar-refractivity contribution >= 4 is 40.9 Å². The number of halogens is 2. The molecule has 1 fully saturated rings. The summed E-state index contributed by atoms with van der Waals surface area (Å²) in [7, 11) is 0. The average molecular weight is 577 g/mol. The quantitative estimate of drug-likeness (QED) is 0.316. The van der Waals surface area contributed by atoms with Crippen molar-refractivity contribution in [1.82, 2.24) is 15.5 Å². The molecule has 7 nitrogen and oxygen atoms in total. The van der Waals surface area contributed by atoms with E-state index in [4.69, 9.17) is 23.2 Å². The molecule has 3 rings (SSSR count). The monoisotopic (exact) mass is 575 g/mol. The van der Waals surface area contributed by atoms with Crippen molar-refractivity contribution < 1.29 is 20.1 Å². The van der Waals surface area contributed by atoms with E-state index >= 15 is 0 Å². The first-order valence-corrected chi connectivity index (χ1v) is 14.7. The highest BCUT2D eigenvalue weighted by Gasteiger charge is 2.44. The van der Waals surface area contributed by atoms with E-state index in [-0.39, 0.29) is 24.1 Å². The van der Waals surface area contributed by atoms with E-state index in [2.05, 4.69) is 16.4 Å². The molecule has 9 heteroatoms. The largest absolute Gasteiger partial charge is 0.358 e. The molecule has 0 aliphatic carbocycles. The van der Waals surface area contributed by atoms with Gasteiger partial charge in [0.15, 0.2) is 0 Å². The molecule has 1 aliphatic rings. The standard InChI is InChI=1S/C30H40Cl2N4O3/c1-2-34-29(39)30(20-22-10-5-3-6-11-22)15-9-17-36(21-30)28(38)26(35-27(37)12-7-4-8-16-33)19-23-13-14-24(31)25(32)18-23/h3,5-6,10-11,13-14,18,26H,2,4,7-9,12,15-17,19-21,33H2,1H3,(H,34,39)(H,35,37)/p+1/t26-,30+/m1/s1. The number of nitrogens with one attached hydrogen (secondary N) is 2. The van der Waals surface area contributed by atoms with Crippen molar-refractivity contribution in [3.8, 4) is 0 Å². The summed E-state index contributed by atoms with van der Waals surface area (Å²) in [5, 5.41) is 6.82. The van der Waals surface area contributed by atoms with Gasteiger partial charge in [-0.15, -0.1) is 0 Å². The maximum atomic E-state index is 14.0. The van der Waals surface area contributed by atoms with Gasteiger partial charge in [0.2, 0.25) is 17.7 Å². The van der Waals surface area contributed by atoms with Gasteiger partial charge in [0.25, 0.3) is 0 Å². The van der Waals surface area contributed by atoms with Gasteiger partial charge >= 0.3 is 0 Å². The topological polar surface area (TPSA) is 106 Å². The zero-order valence-electron chi connectivity index (χ0n) is 22.8. The fourth-order valence-corrected chi connectivity index (χ4v) is 5.61. The molecule has 1 aliphatic heterocycles. The molecule has 0 spiro atoms. The van der Waals surface area contributed by atoms with Gasteiger partial charge in [-0.1, -0.05) is 59.6 Å². The molecule has 0 unspecified atom stereocenters. The Hall–Kier alpha value is -2.61. The molecule has 1 saturated heterocycles. The Morgan fingerprint density at radius 2 is 1.79 bits per heavy atom. The minimum absolute atomic E-state index is 0.0400. The van der Waals surface area contributed by atoms with Crippen molar-refractivity contribution in [2.45, 2.75) is 64.3 Å². The molecule has 0 bridgehead atoms. The lowest BCUT2D eigenvalue weighted by molar-refractivity contribution is -0.368. The summed E-state index contributed by atoms with van der Waals surface area (Å²) in [5.74, 6) is -0.385. The summed E-state index contributed by atoms with van der Waals surface area (Å²) in [6.07, 6.45) is 5.20. The molecule has 5 N–H and O–H groups in total. The number of piperidine rings is 1. The van der Waals surface area contributed by atoms with E-state index in [1.165, 1.54) is 0 Å². The van der Waals surface area contributed by atoms with Crippen molar-refractivity contribution in [2.75, 3.05) is 26.2 Å². The number of likely N-dealkylation sites (tertiary alicyclic amines) is 1. The molecule has 3 amide bonds. The van der Waals surface area contributed by atoms with Crippen molar-refractivity contribution in [2.24, 2.45) is 5.41 Å². The van der Waals surface area contributed by atoms with Crippen LogP contribution in [0.15, 0.2) is 48.5 Å². The fraction of sp³-hybridized carbons (Fsp3) is 0.500. The van der Waals surface area contributed by atoms with Crippen LogP contribution in [0.25, 0.3) is 0 Å². The summed E-state index contributed by atoms with van der Waals surface area (Å²) in [6, 6.07) is 14.4. The maximum Gasteiger partial charge on any atom is 0.245 e. The first kappa shape index (κ1) is 30.9. The van der Waals surface area contributed by atoms with Crippen LogP contribution >= 0.6 is 23.2 Å². The third-order valence-corrected chi connectivity index (χ3v) is 8.04. The van der Waals surface area contributed by atoms with E-state index in [9.17, 15) is 14.4 Å². The second kappa shape index (κ2) is 15.2. The van der Waals surface area contributed by atoms with Crippen LogP contribution in [0.4, 0.5) is 0 Å². The Morgan fingerprint density at radius 3 is 2.49 bits per heavy atom. The molecule has 212 valence electrons. The number of carbonyl (C=O) groups is 3. The predicted molar refractivity (Wildman–Crippen MR) is 155 cm³/mol. The van der Waals surface area contributed by atoms with Crippen molar-refractivity contribution in [1.29, 1.82) is 0 Å². The minimum atomic E-state index is -0.774. The fourth-order valence-electron chi connectivity index (χ4n) is 5.29. The van der Waals surface area contributed by atoms with Crippen molar-refractivity contribution in [3.63, 3.8) is 0 Å². The number of hydrogen-bond donors (Lipinski definition) is 3. The first-order valence-electron chi connectivity index (χ1n) is 13.9. The zero-order chi connectivity index (χ0) is 28.3. The van der Waals surface area contributed by atoms with Gasteiger partial charge in [-0.3, -0.25) is 14.4 Å². The third-order valence-electron chi connectivity index (χ3n) is 7.30. The molecular formula is C30H41Cl2N4O3+. The molecule has 1 heterocycles. The second-order valence-corrected chi connectivity index (χ2v) is 11.2. The van der Waals surface area contributed by atoms with Gasteiger partial charge in [0, 0.05) is 32.5 Å². The van der Waals surface area contributed by atoms with Gasteiger partial charge in [0.1, 0.15) is 6.04 Å². The summed E-state index contributed by atoms with van der Waals surface area (Å²) in [4.78, 5) is 42.0. The molecule has 0 saturated carbocycles. The van der Waals surface area contributed by atoms with Crippen LogP contribution < -0.4 is 16.4 Å². The number of nitrogens with zero attached hydrogens (tertiary/aromatic N) is 1. The number of carbonyl (C=O) groups excluding carboxylic acids is 3. The van der Waals surface area contributed by atoms with Gasteiger partial charge in [-0.25, -0.2) is 0 Å². The highest BCUT2D eigenvalue weighted by Crippen LogP contribution is 2.35. The second-order valence-electron chi connectivity index (χ2n) is 10.4. The number of rotatable bonds is 13. The average Bonchev–Trinajstić information content (AvgIpc) is 2.93. The van der Waals surface area contributed by atoms with Crippen LogP contribution in [0, 0.1) is 5.41 Å². The first-order chi connectivity index (χ1) is 18.8. The Kier molecular flexibility index (Phi) is 12.1. The van der Waals surface area contributed by atoms with E-state index in [1.54, 1.807) is 17.0 Å². The number of benzene rings is 2. The number of quaternary nitrogens is 1. The lowest BCUT2D eigenvalue weighted by Gasteiger charge is -2.43. The van der Waals surface area contributed by atoms with Crippen molar-refractivity contribution in [3.05, 3.63) is 69.7 Å². The lowest BCUT2D eigenvalue weighted by Crippen LogP contribution is -2.58. The Bertz CT molecular complexity index is 1110. The summed E-state index contributed by atoms with van der Waals surface area (Å²) in [6.45, 7) is 4.09. The molecule has 2 atom stereocenters. The maximum absolute atomic E-state index is 14.0. The van der Waals surface area contributed by atoms with E-state index in [0.29, 0.717) is 55.4 Å². The molecule has 0 aromatic heterocycles. The highest BCUT2D eigenvalue weighted by molar-refractivity contribution is 6.42. The number of amides is 3. The normalized spacial score (nSPS) is 17.9. The summed E-state index contributed by atoms with van der Waals surface area (Å²) >= 11 is 12.3. The van der Waals surface area contributed by atoms with E-state index < -0.39 is 11.5 Å². The minimum Gasteiger partial charge on any atom is -0.358 e. The Labute approximate surface area is 241 Å². The summed E-state index contributed by atoms with van der Waals surface area (Å²) in [5.41, 5.74) is 4.97. The van der Waals surface area contributed by atoms with Crippen LogP contribution in [0.1, 0.15) is 56.6 Å². The van der Waals surface area contributed by atoms with Crippen LogP contribution in [0.3, 0.4) is 0 Å². The number of hydrogen-bond acceptors (Lipinski definition) is 3. The SMILES string of the molecule is CCNC(=O)[C@]1(Cc2ccccc2)CCCN(C(=O)[C@@H](Cc2ccc(Cl)c(Cl)c2)NC(=O)CCCCC[NH3+])C1. The van der Waals surface area contributed by atoms with Crippen LogP contribution in [-0.2, 0) is 27.2 Å². The third kappa shape index (κ3) is 8.95. The van der Waals surface area contributed by atoms with Gasteiger partial charge in [-0.2, -0.15) is 0 Å². The molecule has 0 radical (unpaired) electrons. The van der Waals surface area contributed by atoms with Gasteiger partial charge in [-0.05, 0) is 68.7 Å². The zero-order valence-corrected chi connectivity index (χ0v) is 24.3. The summed E-state index contributed by atoms with van der Waals surface area (Å²) < 4.78 is 0. The Morgan fingerprint density at radius 1 is 1.03 bits per heavy atom. The smallest absolute Gasteiger partial charge is 0.245 e. The number of unbranched alkanes of at least 4 members (excludes halogenated alkanes) is 2. The predicted octanol–water partition coefficient (Wildman–Crippen LogP) is 3.81. The van der Waals surface area contributed by atoms with Gasteiger partial charge in [0.05, 0.1) is 22.0 Å². The molecule has 2 aromatic rings. The molecular weight excluding hydrogens is 535 g/mol. The lowest BCUT2D eigenvalue weighted by atomic mass is 9.74. The van der Waals surface area contributed by atoms with E-state index in [0.717, 1.165) is 36.9 Å². The molecule has 2 aromatic carbocycles. The highest BCUT2D eigenvalue weighted by atomic mass is 35.5.